The van der Waals surface area contributed by atoms with Crippen molar-refractivity contribution >= 4 is 29.3 Å². The van der Waals surface area contributed by atoms with Gasteiger partial charge in [-0.1, -0.05) is 23.7 Å². The zero-order valence-electron chi connectivity index (χ0n) is 12.1. The lowest BCUT2D eigenvalue weighted by atomic mass is 9.91. The summed E-state index contributed by atoms with van der Waals surface area (Å²) in [5.74, 6) is 1.49. The van der Waals surface area contributed by atoms with E-state index in [2.05, 4.69) is 0 Å². The van der Waals surface area contributed by atoms with Crippen molar-refractivity contribution in [3.8, 4) is 0 Å². The van der Waals surface area contributed by atoms with E-state index in [9.17, 15) is 4.79 Å². The van der Waals surface area contributed by atoms with E-state index in [4.69, 9.17) is 16.7 Å². The second-order valence-corrected chi connectivity index (χ2v) is 6.79. The van der Waals surface area contributed by atoms with Gasteiger partial charge in [-0.05, 0) is 43.4 Å². The largest absolute Gasteiger partial charge is 0.396 e. The molecule has 0 saturated heterocycles. The molecule has 1 fully saturated rings. The van der Waals surface area contributed by atoms with Gasteiger partial charge in [-0.2, -0.15) is 0 Å². The Hall–Kier alpha value is -0.710. The smallest absolute Gasteiger partial charge is 0.232 e. The molecule has 1 aliphatic rings. The molecule has 0 bridgehead atoms. The highest BCUT2D eigenvalue weighted by Gasteiger charge is 2.27. The number of hydrogen-bond donors (Lipinski definition) is 1. The fourth-order valence-corrected chi connectivity index (χ4v) is 3.49. The number of rotatable bonds is 8. The van der Waals surface area contributed by atoms with Crippen molar-refractivity contribution < 1.29 is 9.90 Å². The van der Waals surface area contributed by atoms with Crippen molar-refractivity contribution in [3.63, 3.8) is 0 Å². The second-order valence-electron chi connectivity index (χ2n) is 5.37. The topological polar surface area (TPSA) is 40.5 Å². The molecule has 3 nitrogen and oxygen atoms in total. The average molecular weight is 328 g/mol. The van der Waals surface area contributed by atoms with Crippen LogP contribution in [0.25, 0.3) is 0 Å². The minimum Gasteiger partial charge on any atom is -0.396 e. The van der Waals surface area contributed by atoms with E-state index >= 15 is 0 Å². The number of benzene rings is 1. The first-order valence-electron chi connectivity index (χ1n) is 7.43. The molecule has 1 aliphatic carbocycles. The fourth-order valence-electron chi connectivity index (χ4n) is 2.42. The van der Waals surface area contributed by atoms with Crippen molar-refractivity contribution in [1.82, 2.24) is 4.90 Å². The van der Waals surface area contributed by atoms with Gasteiger partial charge in [-0.15, -0.1) is 11.8 Å². The highest BCUT2D eigenvalue weighted by atomic mass is 35.5. The first-order chi connectivity index (χ1) is 10.2. The number of hydrogen-bond acceptors (Lipinski definition) is 3. The van der Waals surface area contributed by atoms with Crippen LogP contribution in [-0.4, -0.2) is 40.9 Å². The molecule has 1 aromatic rings. The lowest BCUT2D eigenvalue weighted by Crippen LogP contribution is -2.45. The molecule has 0 aliphatic heterocycles. The number of carbonyl (C=O) groups excluding carboxylic acids is 1. The van der Waals surface area contributed by atoms with Crippen molar-refractivity contribution in [2.75, 3.05) is 18.9 Å². The van der Waals surface area contributed by atoms with Crippen LogP contribution in [0.15, 0.2) is 24.3 Å². The van der Waals surface area contributed by atoms with Crippen LogP contribution in [0.4, 0.5) is 0 Å². The Morgan fingerprint density at radius 2 is 2.24 bits per heavy atom. The second kappa shape index (κ2) is 8.66. The molecule has 21 heavy (non-hydrogen) atoms. The lowest BCUT2D eigenvalue weighted by Gasteiger charge is -2.37. The van der Waals surface area contributed by atoms with E-state index in [1.807, 2.05) is 29.2 Å². The average Bonchev–Trinajstić information content (AvgIpc) is 2.41. The number of halogens is 1. The SMILES string of the molecule is O=C(CSCc1cccc(Cl)c1)N(CCCO)C1CCC1. The van der Waals surface area contributed by atoms with Crippen molar-refractivity contribution in [1.29, 1.82) is 0 Å². The molecule has 2 rings (SSSR count). The van der Waals surface area contributed by atoms with Gasteiger partial charge in [0.1, 0.15) is 0 Å². The highest BCUT2D eigenvalue weighted by molar-refractivity contribution is 7.99. The van der Waals surface area contributed by atoms with Crippen LogP contribution in [0.3, 0.4) is 0 Å². The minimum absolute atomic E-state index is 0.145. The number of amides is 1. The predicted molar refractivity (Wildman–Crippen MR) is 88.7 cm³/mol. The first-order valence-corrected chi connectivity index (χ1v) is 8.96. The summed E-state index contributed by atoms with van der Waals surface area (Å²) in [5, 5.41) is 9.70. The Balaban J connectivity index is 1.78. The van der Waals surface area contributed by atoms with Gasteiger partial charge in [-0.3, -0.25) is 4.79 Å². The van der Waals surface area contributed by atoms with Crippen LogP contribution in [0.2, 0.25) is 5.02 Å². The zero-order chi connectivity index (χ0) is 15.1. The molecular weight excluding hydrogens is 306 g/mol. The van der Waals surface area contributed by atoms with Crippen molar-refractivity contribution in [2.45, 2.75) is 37.5 Å². The van der Waals surface area contributed by atoms with Crippen LogP contribution < -0.4 is 0 Å². The van der Waals surface area contributed by atoms with Gasteiger partial charge in [0.2, 0.25) is 5.91 Å². The standard InChI is InChI=1S/C16H22ClNO2S/c17-14-5-1-4-13(10-14)11-21-12-16(20)18(8-3-9-19)15-6-2-7-15/h1,4-5,10,15,19H,2-3,6-9,11-12H2. The Morgan fingerprint density at radius 3 is 2.86 bits per heavy atom. The number of thioether (sulfide) groups is 1. The third-order valence-corrected chi connectivity index (χ3v) is 5.00. The third-order valence-electron chi connectivity index (χ3n) is 3.78. The summed E-state index contributed by atoms with van der Waals surface area (Å²) >= 11 is 7.58. The summed E-state index contributed by atoms with van der Waals surface area (Å²) in [6.45, 7) is 0.823. The fraction of sp³-hybridized carbons (Fsp3) is 0.562. The van der Waals surface area contributed by atoms with Crippen molar-refractivity contribution in [2.24, 2.45) is 0 Å². The normalized spacial score (nSPS) is 14.8. The van der Waals surface area contributed by atoms with Gasteiger partial charge in [0.05, 0.1) is 5.75 Å². The van der Waals surface area contributed by atoms with Gasteiger partial charge in [-0.25, -0.2) is 0 Å². The minimum atomic E-state index is 0.145. The maximum absolute atomic E-state index is 12.3. The monoisotopic (exact) mass is 327 g/mol. The van der Waals surface area contributed by atoms with E-state index in [0.717, 1.165) is 29.2 Å². The van der Waals surface area contributed by atoms with E-state index in [0.29, 0.717) is 24.8 Å². The number of carbonyl (C=O) groups is 1. The van der Waals surface area contributed by atoms with Crippen LogP contribution in [0.5, 0.6) is 0 Å². The van der Waals surface area contributed by atoms with E-state index in [-0.39, 0.29) is 12.5 Å². The summed E-state index contributed by atoms with van der Waals surface area (Å²) in [4.78, 5) is 14.3. The van der Waals surface area contributed by atoms with Crippen LogP contribution in [0.1, 0.15) is 31.2 Å². The molecule has 1 aromatic carbocycles. The molecule has 0 radical (unpaired) electrons. The quantitative estimate of drug-likeness (QED) is 0.796. The molecule has 1 amide bonds. The van der Waals surface area contributed by atoms with Crippen LogP contribution in [-0.2, 0) is 10.5 Å². The maximum Gasteiger partial charge on any atom is 0.232 e. The van der Waals surface area contributed by atoms with Gasteiger partial charge >= 0.3 is 0 Å². The molecule has 1 saturated carbocycles. The number of aliphatic hydroxyl groups is 1. The molecular formula is C16H22ClNO2S. The predicted octanol–water partition coefficient (Wildman–Crippen LogP) is 3.34. The van der Waals surface area contributed by atoms with Gasteiger partial charge in [0.25, 0.3) is 0 Å². The molecule has 0 aromatic heterocycles. The van der Waals surface area contributed by atoms with E-state index in [1.165, 1.54) is 6.42 Å². The Labute approximate surface area is 135 Å². The Morgan fingerprint density at radius 1 is 1.43 bits per heavy atom. The molecule has 116 valence electrons. The summed E-state index contributed by atoms with van der Waals surface area (Å²) in [5.41, 5.74) is 1.14. The lowest BCUT2D eigenvalue weighted by molar-refractivity contribution is -0.132. The molecule has 0 heterocycles. The van der Waals surface area contributed by atoms with E-state index < -0.39 is 0 Å². The first kappa shape index (κ1) is 16.7. The van der Waals surface area contributed by atoms with Crippen LogP contribution >= 0.6 is 23.4 Å². The van der Waals surface area contributed by atoms with Gasteiger partial charge in [0, 0.05) is 30.0 Å². The molecule has 1 N–H and O–H groups in total. The van der Waals surface area contributed by atoms with Crippen LogP contribution in [0, 0.1) is 0 Å². The van der Waals surface area contributed by atoms with Crippen molar-refractivity contribution in [3.05, 3.63) is 34.9 Å². The number of nitrogens with zero attached hydrogens (tertiary/aromatic N) is 1. The summed E-state index contributed by atoms with van der Waals surface area (Å²) in [7, 11) is 0. The molecule has 0 spiro atoms. The zero-order valence-corrected chi connectivity index (χ0v) is 13.7. The van der Waals surface area contributed by atoms with E-state index in [1.54, 1.807) is 11.8 Å². The Kier molecular flexibility index (Phi) is 6.87. The van der Waals surface area contributed by atoms with Gasteiger partial charge < -0.3 is 10.0 Å². The van der Waals surface area contributed by atoms with Gasteiger partial charge in [0.15, 0.2) is 0 Å². The molecule has 0 unspecified atom stereocenters. The highest BCUT2D eigenvalue weighted by Crippen LogP contribution is 2.26. The molecule has 0 atom stereocenters. The number of aliphatic hydroxyl groups excluding tert-OH is 1. The summed E-state index contributed by atoms with van der Waals surface area (Å²) in [6.07, 6.45) is 4.09. The summed E-state index contributed by atoms with van der Waals surface area (Å²) < 4.78 is 0. The Bertz CT molecular complexity index is 465. The maximum atomic E-state index is 12.3. The third kappa shape index (κ3) is 5.20. The summed E-state index contributed by atoms with van der Waals surface area (Å²) in [6, 6.07) is 8.15. The molecule has 5 heteroatoms.